The molecule has 3 heteroatoms. The van der Waals surface area contributed by atoms with E-state index in [0.29, 0.717) is 6.10 Å². The lowest BCUT2D eigenvalue weighted by Crippen LogP contribution is -2.10. The predicted molar refractivity (Wildman–Crippen MR) is 66.4 cm³/mol. The average Bonchev–Trinajstić information content (AvgIpc) is 2.53. The molecule has 0 fully saturated rings. The van der Waals surface area contributed by atoms with Gasteiger partial charge in [0, 0.05) is 16.3 Å². The second-order valence-electron chi connectivity index (χ2n) is 3.93. The number of hydrogen-bond acceptors (Lipinski definition) is 3. The van der Waals surface area contributed by atoms with Crippen molar-refractivity contribution in [3.63, 3.8) is 0 Å². The summed E-state index contributed by atoms with van der Waals surface area (Å²) in [7, 11) is 0. The first-order valence-electron chi connectivity index (χ1n) is 5.54. The zero-order valence-corrected chi connectivity index (χ0v) is 10.9. The molecule has 0 aliphatic rings. The van der Waals surface area contributed by atoms with Gasteiger partial charge in [0.2, 0.25) is 0 Å². The first kappa shape index (κ1) is 12.7. The van der Waals surface area contributed by atoms with Crippen LogP contribution >= 0.6 is 11.3 Å². The lowest BCUT2D eigenvalue weighted by molar-refractivity contribution is 0.0656. The minimum atomic E-state index is 0.307. The molecular weight excluding hydrogens is 206 g/mol. The normalized spacial score (nSPS) is 11.3. The van der Waals surface area contributed by atoms with Crippen molar-refractivity contribution < 1.29 is 4.74 Å². The van der Waals surface area contributed by atoms with E-state index in [9.17, 15) is 0 Å². The summed E-state index contributed by atoms with van der Waals surface area (Å²) in [4.78, 5) is 2.78. The SMILES string of the molecule is CCNCc1cc(COC(C)C)c(C)s1. The van der Waals surface area contributed by atoms with Crippen molar-refractivity contribution in [3.8, 4) is 0 Å². The third-order valence-corrected chi connectivity index (χ3v) is 3.29. The van der Waals surface area contributed by atoms with Crippen molar-refractivity contribution in [1.29, 1.82) is 0 Å². The number of ether oxygens (including phenoxy) is 1. The Morgan fingerprint density at radius 1 is 1.47 bits per heavy atom. The minimum Gasteiger partial charge on any atom is -0.374 e. The van der Waals surface area contributed by atoms with E-state index < -0.39 is 0 Å². The molecule has 2 nitrogen and oxygen atoms in total. The van der Waals surface area contributed by atoms with Gasteiger partial charge in [0.25, 0.3) is 0 Å². The van der Waals surface area contributed by atoms with Gasteiger partial charge in [-0.05, 0) is 38.9 Å². The molecule has 0 aromatic carbocycles. The van der Waals surface area contributed by atoms with E-state index in [1.165, 1.54) is 15.3 Å². The van der Waals surface area contributed by atoms with Crippen LogP contribution in [0.4, 0.5) is 0 Å². The van der Waals surface area contributed by atoms with Crippen LogP contribution in [0.1, 0.15) is 36.1 Å². The van der Waals surface area contributed by atoms with Crippen molar-refractivity contribution in [1.82, 2.24) is 5.32 Å². The van der Waals surface area contributed by atoms with Crippen molar-refractivity contribution in [2.75, 3.05) is 6.54 Å². The second kappa shape index (κ2) is 6.26. The van der Waals surface area contributed by atoms with Gasteiger partial charge < -0.3 is 10.1 Å². The molecule has 0 atom stereocenters. The summed E-state index contributed by atoms with van der Waals surface area (Å²) in [6.07, 6.45) is 0.307. The Labute approximate surface area is 96.7 Å². The van der Waals surface area contributed by atoms with Crippen LogP contribution in [0.5, 0.6) is 0 Å². The van der Waals surface area contributed by atoms with Crippen LogP contribution in [0.15, 0.2) is 6.07 Å². The highest BCUT2D eigenvalue weighted by atomic mass is 32.1. The third kappa shape index (κ3) is 4.33. The standard InChI is InChI=1S/C12H21NOS/c1-5-13-7-12-6-11(10(4)15-12)8-14-9(2)3/h6,9,13H,5,7-8H2,1-4H3. The Kier molecular flexibility index (Phi) is 5.29. The van der Waals surface area contributed by atoms with Gasteiger partial charge in [-0.3, -0.25) is 0 Å². The number of rotatable bonds is 6. The molecule has 1 aromatic rings. The summed E-state index contributed by atoms with van der Waals surface area (Å²) in [5.74, 6) is 0. The maximum absolute atomic E-state index is 5.61. The fourth-order valence-electron chi connectivity index (χ4n) is 1.32. The average molecular weight is 227 g/mol. The van der Waals surface area contributed by atoms with Gasteiger partial charge >= 0.3 is 0 Å². The van der Waals surface area contributed by atoms with Gasteiger partial charge in [0.05, 0.1) is 12.7 Å². The smallest absolute Gasteiger partial charge is 0.0731 e. The molecule has 0 saturated heterocycles. The quantitative estimate of drug-likeness (QED) is 0.806. The molecule has 1 heterocycles. The highest BCUT2D eigenvalue weighted by Gasteiger charge is 2.05. The molecule has 0 saturated carbocycles. The summed E-state index contributed by atoms with van der Waals surface area (Å²) in [5.41, 5.74) is 1.33. The van der Waals surface area contributed by atoms with Crippen LogP contribution in [0.3, 0.4) is 0 Å². The largest absolute Gasteiger partial charge is 0.374 e. The molecule has 0 bridgehead atoms. The molecule has 0 unspecified atom stereocenters. The maximum atomic E-state index is 5.61. The molecule has 1 N–H and O–H groups in total. The maximum Gasteiger partial charge on any atom is 0.0731 e. The van der Waals surface area contributed by atoms with Crippen LogP contribution in [0.2, 0.25) is 0 Å². The van der Waals surface area contributed by atoms with Crippen LogP contribution < -0.4 is 5.32 Å². The fourth-order valence-corrected chi connectivity index (χ4v) is 2.34. The number of hydrogen-bond donors (Lipinski definition) is 1. The molecule has 0 aliphatic carbocycles. The third-order valence-electron chi connectivity index (χ3n) is 2.19. The fraction of sp³-hybridized carbons (Fsp3) is 0.667. The van der Waals surface area contributed by atoms with Crippen LogP contribution in [0, 0.1) is 6.92 Å². The van der Waals surface area contributed by atoms with Crippen molar-refractivity contribution >= 4 is 11.3 Å². The zero-order chi connectivity index (χ0) is 11.3. The van der Waals surface area contributed by atoms with E-state index in [4.69, 9.17) is 4.74 Å². The van der Waals surface area contributed by atoms with E-state index in [1.807, 2.05) is 11.3 Å². The van der Waals surface area contributed by atoms with E-state index >= 15 is 0 Å². The highest BCUT2D eigenvalue weighted by molar-refractivity contribution is 7.12. The number of aryl methyl sites for hydroxylation is 1. The molecule has 0 amide bonds. The molecule has 86 valence electrons. The van der Waals surface area contributed by atoms with Crippen LogP contribution in [-0.4, -0.2) is 12.6 Å². The van der Waals surface area contributed by atoms with Crippen molar-refractivity contribution in [3.05, 3.63) is 21.4 Å². The highest BCUT2D eigenvalue weighted by Crippen LogP contribution is 2.22. The van der Waals surface area contributed by atoms with Gasteiger partial charge in [-0.1, -0.05) is 6.92 Å². The van der Waals surface area contributed by atoms with E-state index in [1.54, 1.807) is 0 Å². The van der Waals surface area contributed by atoms with Gasteiger partial charge in [-0.25, -0.2) is 0 Å². The first-order valence-corrected chi connectivity index (χ1v) is 6.35. The molecular formula is C12H21NOS. The van der Waals surface area contributed by atoms with Gasteiger partial charge in [-0.2, -0.15) is 0 Å². The van der Waals surface area contributed by atoms with Crippen molar-refractivity contribution in [2.24, 2.45) is 0 Å². The second-order valence-corrected chi connectivity index (χ2v) is 5.28. The molecule has 0 spiro atoms. The lowest BCUT2D eigenvalue weighted by Gasteiger charge is -2.06. The first-order chi connectivity index (χ1) is 7.13. The van der Waals surface area contributed by atoms with Crippen LogP contribution in [-0.2, 0) is 17.9 Å². The topological polar surface area (TPSA) is 21.3 Å². The Bertz CT molecular complexity index is 294. The molecule has 15 heavy (non-hydrogen) atoms. The summed E-state index contributed by atoms with van der Waals surface area (Å²) < 4.78 is 5.61. The van der Waals surface area contributed by atoms with Gasteiger partial charge in [0.15, 0.2) is 0 Å². The van der Waals surface area contributed by atoms with E-state index in [2.05, 4.69) is 39.1 Å². The molecule has 0 radical (unpaired) electrons. The number of thiophene rings is 1. The van der Waals surface area contributed by atoms with Gasteiger partial charge in [0.1, 0.15) is 0 Å². The lowest BCUT2D eigenvalue weighted by atomic mass is 10.2. The summed E-state index contributed by atoms with van der Waals surface area (Å²) in [6.45, 7) is 11.2. The predicted octanol–water partition coefficient (Wildman–Crippen LogP) is 3.09. The number of nitrogens with one attached hydrogen (secondary N) is 1. The Morgan fingerprint density at radius 2 is 2.20 bits per heavy atom. The van der Waals surface area contributed by atoms with Gasteiger partial charge in [-0.15, -0.1) is 11.3 Å². The molecule has 1 aromatic heterocycles. The van der Waals surface area contributed by atoms with E-state index in [-0.39, 0.29) is 0 Å². The van der Waals surface area contributed by atoms with Crippen molar-refractivity contribution in [2.45, 2.75) is 47.0 Å². The Morgan fingerprint density at radius 3 is 2.80 bits per heavy atom. The summed E-state index contributed by atoms with van der Waals surface area (Å²) >= 11 is 1.86. The van der Waals surface area contributed by atoms with Crippen LogP contribution in [0.25, 0.3) is 0 Å². The zero-order valence-electron chi connectivity index (χ0n) is 10.1. The summed E-state index contributed by atoms with van der Waals surface area (Å²) in [5, 5.41) is 3.34. The monoisotopic (exact) mass is 227 g/mol. The summed E-state index contributed by atoms with van der Waals surface area (Å²) in [6, 6.07) is 2.26. The Balaban J connectivity index is 2.52. The van der Waals surface area contributed by atoms with E-state index in [0.717, 1.165) is 19.7 Å². The molecule has 1 rings (SSSR count). The minimum absolute atomic E-state index is 0.307. The molecule has 0 aliphatic heterocycles. The Hall–Kier alpha value is -0.380.